The molecule has 5 nitrogen and oxygen atoms in total. The molecular formula is C11H21N3O2. The van der Waals surface area contributed by atoms with E-state index in [0.29, 0.717) is 18.3 Å². The minimum absolute atomic E-state index is 0.138. The van der Waals surface area contributed by atoms with E-state index in [1.165, 1.54) is 0 Å². The van der Waals surface area contributed by atoms with Gasteiger partial charge >= 0.3 is 0 Å². The van der Waals surface area contributed by atoms with Crippen LogP contribution in [0.3, 0.4) is 0 Å². The molecule has 1 heterocycles. The van der Waals surface area contributed by atoms with Gasteiger partial charge in [0.15, 0.2) is 5.82 Å². The molecule has 0 radical (unpaired) electrons. The minimum atomic E-state index is -0.707. The van der Waals surface area contributed by atoms with E-state index < -0.39 is 5.54 Å². The van der Waals surface area contributed by atoms with E-state index >= 15 is 0 Å². The summed E-state index contributed by atoms with van der Waals surface area (Å²) >= 11 is 0. The molecule has 0 aliphatic heterocycles. The van der Waals surface area contributed by atoms with Gasteiger partial charge < -0.3 is 15.0 Å². The average Bonchev–Trinajstić information content (AvgIpc) is 2.64. The number of hydrogen-bond acceptors (Lipinski definition) is 5. The van der Waals surface area contributed by atoms with Crippen molar-refractivity contribution in [1.29, 1.82) is 0 Å². The van der Waals surface area contributed by atoms with Gasteiger partial charge in [0, 0.05) is 5.92 Å². The fourth-order valence-electron chi connectivity index (χ4n) is 1.11. The molecule has 5 heteroatoms. The SMILES string of the molecule is CC(C)OCC(C)(N)c1noc(C(C)C)n1. The normalized spacial score (nSPS) is 15.8. The smallest absolute Gasteiger partial charge is 0.229 e. The third-order valence-corrected chi connectivity index (χ3v) is 2.16. The van der Waals surface area contributed by atoms with Crippen LogP contribution in [0.5, 0.6) is 0 Å². The lowest BCUT2D eigenvalue weighted by atomic mass is 10.1. The molecule has 1 aromatic heterocycles. The van der Waals surface area contributed by atoms with E-state index in [-0.39, 0.29) is 12.0 Å². The van der Waals surface area contributed by atoms with Crippen LogP contribution in [0, 0.1) is 0 Å². The Labute approximate surface area is 96.4 Å². The number of nitrogens with two attached hydrogens (primary N) is 1. The first kappa shape index (κ1) is 13.1. The quantitative estimate of drug-likeness (QED) is 0.830. The monoisotopic (exact) mass is 227 g/mol. The van der Waals surface area contributed by atoms with Crippen LogP contribution in [0.2, 0.25) is 0 Å². The van der Waals surface area contributed by atoms with Crippen LogP contribution in [0.1, 0.15) is 52.3 Å². The molecule has 0 aromatic carbocycles. The van der Waals surface area contributed by atoms with E-state index in [0.717, 1.165) is 0 Å². The summed E-state index contributed by atoms with van der Waals surface area (Å²) in [6, 6.07) is 0. The van der Waals surface area contributed by atoms with Gasteiger partial charge in [-0.15, -0.1) is 0 Å². The van der Waals surface area contributed by atoms with Crippen LogP contribution >= 0.6 is 0 Å². The van der Waals surface area contributed by atoms with Crippen molar-refractivity contribution in [2.45, 2.75) is 52.2 Å². The lowest BCUT2D eigenvalue weighted by molar-refractivity contribution is 0.0410. The molecule has 0 saturated heterocycles. The Bertz CT molecular complexity index is 332. The topological polar surface area (TPSA) is 74.2 Å². The first-order chi connectivity index (χ1) is 7.33. The van der Waals surface area contributed by atoms with Gasteiger partial charge in [-0.05, 0) is 20.8 Å². The molecule has 0 amide bonds. The zero-order valence-electron chi connectivity index (χ0n) is 10.7. The first-order valence-electron chi connectivity index (χ1n) is 5.57. The summed E-state index contributed by atoms with van der Waals surface area (Å²) in [4.78, 5) is 4.28. The summed E-state index contributed by atoms with van der Waals surface area (Å²) in [5.74, 6) is 1.32. The highest BCUT2D eigenvalue weighted by atomic mass is 16.5. The van der Waals surface area contributed by atoms with Gasteiger partial charge in [0.1, 0.15) is 5.54 Å². The van der Waals surface area contributed by atoms with Crippen molar-refractivity contribution < 1.29 is 9.26 Å². The predicted octanol–water partition coefficient (Wildman–Crippen LogP) is 1.79. The highest BCUT2D eigenvalue weighted by Crippen LogP contribution is 2.18. The van der Waals surface area contributed by atoms with Gasteiger partial charge in [0.05, 0.1) is 12.7 Å². The molecule has 0 aliphatic rings. The summed E-state index contributed by atoms with van der Waals surface area (Å²) < 4.78 is 10.6. The molecule has 1 unspecified atom stereocenters. The third kappa shape index (κ3) is 3.28. The van der Waals surface area contributed by atoms with Crippen molar-refractivity contribution >= 4 is 0 Å². The third-order valence-electron chi connectivity index (χ3n) is 2.16. The summed E-state index contributed by atoms with van der Waals surface area (Å²) in [5.41, 5.74) is 5.38. The average molecular weight is 227 g/mol. The van der Waals surface area contributed by atoms with Crippen molar-refractivity contribution in [2.75, 3.05) is 6.61 Å². The maximum absolute atomic E-state index is 6.09. The summed E-state index contributed by atoms with van der Waals surface area (Å²) in [6.45, 7) is 10.1. The van der Waals surface area contributed by atoms with Gasteiger partial charge in [-0.3, -0.25) is 0 Å². The van der Waals surface area contributed by atoms with Crippen LogP contribution < -0.4 is 5.73 Å². The zero-order chi connectivity index (χ0) is 12.3. The fraction of sp³-hybridized carbons (Fsp3) is 0.818. The number of aromatic nitrogens is 2. The van der Waals surface area contributed by atoms with E-state index in [9.17, 15) is 0 Å². The molecule has 0 bridgehead atoms. The van der Waals surface area contributed by atoms with Crippen LogP contribution in [0.15, 0.2) is 4.52 Å². The number of ether oxygens (including phenoxy) is 1. The maximum Gasteiger partial charge on any atom is 0.229 e. The molecule has 0 spiro atoms. The van der Waals surface area contributed by atoms with Crippen LogP contribution in [-0.4, -0.2) is 22.9 Å². The van der Waals surface area contributed by atoms with Crippen LogP contribution in [-0.2, 0) is 10.3 Å². The lowest BCUT2D eigenvalue weighted by Crippen LogP contribution is -2.40. The molecule has 92 valence electrons. The molecule has 1 rings (SSSR count). The highest BCUT2D eigenvalue weighted by molar-refractivity contribution is 5.03. The Hall–Kier alpha value is -0.940. The van der Waals surface area contributed by atoms with Crippen LogP contribution in [0.4, 0.5) is 0 Å². The van der Waals surface area contributed by atoms with Gasteiger partial charge in [0.25, 0.3) is 0 Å². The molecule has 0 aliphatic carbocycles. The van der Waals surface area contributed by atoms with Gasteiger partial charge in [-0.25, -0.2) is 0 Å². The Morgan fingerprint density at radius 3 is 2.44 bits per heavy atom. The maximum atomic E-state index is 6.09. The summed E-state index contributed by atoms with van der Waals surface area (Å²) in [6.07, 6.45) is 0.138. The second-order valence-corrected chi connectivity index (χ2v) is 4.89. The van der Waals surface area contributed by atoms with E-state index in [1.54, 1.807) is 0 Å². The van der Waals surface area contributed by atoms with Gasteiger partial charge in [-0.1, -0.05) is 19.0 Å². The predicted molar refractivity (Wildman–Crippen MR) is 61.0 cm³/mol. The summed E-state index contributed by atoms with van der Waals surface area (Å²) in [7, 11) is 0. The number of nitrogens with zero attached hydrogens (tertiary/aromatic N) is 2. The molecular weight excluding hydrogens is 206 g/mol. The molecule has 0 saturated carbocycles. The largest absolute Gasteiger partial charge is 0.376 e. The standard InChI is InChI=1S/C11H21N3O2/c1-7(2)9-13-10(14-16-9)11(5,12)6-15-8(3)4/h7-8H,6,12H2,1-5H3. The zero-order valence-corrected chi connectivity index (χ0v) is 10.7. The molecule has 2 N–H and O–H groups in total. The summed E-state index contributed by atoms with van der Waals surface area (Å²) in [5, 5.41) is 3.90. The highest BCUT2D eigenvalue weighted by Gasteiger charge is 2.28. The van der Waals surface area contributed by atoms with Gasteiger partial charge in [0.2, 0.25) is 5.89 Å². The van der Waals surface area contributed by atoms with E-state index in [2.05, 4.69) is 10.1 Å². The van der Waals surface area contributed by atoms with Gasteiger partial charge in [-0.2, -0.15) is 4.98 Å². The molecule has 1 aromatic rings. The number of rotatable bonds is 5. The minimum Gasteiger partial charge on any atom is -0.376 e. The van der Waals surface area contributed by atoms with Crippen molar-refractivity contribution in [3.8, 4) is 0 Å². The number of hydrogen-bond donors (Lipinski definition) is 1. The first-order valence-corrected chi connectivity index (χ1v) is 5.57. The Balaban J connectivity index is 2.73. The van der Waals surface area contributed by atoms with E-state index in [1.807, 2.05) is 34.6 Å². The van der Waals surface area contributed by atoms with Crippen LogP contribution in [0.25, 0.3) is 0 Å². The Morgan fingerprint density at radius 1 is 1.38 bits per heavy atom. The molecule has 16 heavy (non-hydrogen) atoms. The lowest BCUT2D eigenvalue weighted by Gasteiger charge is -2.21. The fourth-order valence-corrected chi connectivity index (χ4v) is 1.11. The molecule has 0 fully saturated rings. The van der Waals surface area contributed by atoms with Crippen molar-refractivity contribution in [3.05, 3.63) is 11.7 Å². The van der Waals surface area contributed by atoms with Crippen molar-refractivity contribution in [1.82, 2.24) is 10.1 Å². The second-order valence-electron chi connectivity index (χ2n) is 4.89. The van der Waals surface area contributed by atoms with Crippen molar-refractivity contribution in [3.63, 3.8) is 0 Å². The van der Waals surface area contributed by atoms with E-state index in [4.69, 9.17) is 15.0 Å². The Morgan fingerprint density at radius 2 is 2.00 bits per heavy atom. The van der Waals surface area contributed by atoms with Crippen molar-refractivity contribution in [2.24, 2.45) is 5.73 Å². The molecule has 1 atom stereocenters. The second kappa shape index (κ2) is 4.93. The Kier molecular flexibility index (Phi) is 4.04.